The van der Waals surface area contributed by atoms with Crippen molar-refractivity contribution >= 4 is 11.8 Å². The Morgan fingerprint density at radius 1 is 1.10 bits per heavy atom. The van der Waals surface area contributed by atoms with Crippen molar-refractivity contribution < 1.29 is 14.3 Å². The first-order valence-electron chi connectivity index (χ1n) is 11.1. The summed E-state index contributed by atoms with van der Waals surface area (Å²) in [5.74, 6) is 1.63. The van der Waals surface area contributed by atoms with E-state index in [0.29, 0.717) is 30.3 Å². The number of carbonyl (C=O) groups excluding carboxylic acids is 2. The molecule has 3 unspecified atom stereocenters. The SMILES string of the molecule is CC1(C)C2CCC1(C)C(NC(=O)C1CCN(C(=O)COc3ccccc3)CC1)C2. The molecule has 2 aliphatic carbocycles. The number of likely N-dealkylation sites (tertiary alicyclic amines) is 1. The van der Waals surface area contributed by atoms with Gasteiger partial charge in [0.2, 0.25) is 5.91 Å². The van der Waals surface area contributed by atoms with Gasteiger partial charge < -0.3 is 15.0 Å². The third-order valence-electron chi connectivity index (χ3n) is 8.43. The van der Waals surface area contributed by atoms with Crippen molar-refractivity contribution in [3.05, 3.63) is 30.3 Å². The molecule has 1 aromatic carbocycles. The lowest BCUT2D eigenvalue weighted by atomic mass is 9.69. The number of carbonyl (C=O) groups is 2. The van der Waals surface area contributed by atoms with Gasteiger partial charge in [0.25, 0.3) is 5.91 Å². The number of rotatable bonds is 5. The van der Waals surface area contributed by atoms with E-state index in [4.69, 9.17) is 4.74 Å². The van der Waals surface area contributed by atoms with Gasteiger partial charge in [-0.2, -0.15) is 0 Å². The van der Waals surface area contributed by atoms with Crippen LogP contribution in [0.3, 0.4) is 0 Å². The lowest BCUT2D eigenvalue weighted by Gasteiger charge is -2.40. The Bertz CT molecular complexity index is 755. The number of ether oxygens (including phenoxy) is 1. The molecule has 4 rings (SSSR count). The monoisotopic (exact) mass is 398 g/mol. The van der Waals surface area contributed by atoms with E-state index in [0.717, 1.165) is 25.2 Å². The zero-order chi connectivity index (χ0) is 20.6. The lowest BCUT2D eigenvalue weighted by Crippen LogP contribution is -2.50. The van der Waals surface area contributed by atoms with Crippen LogP contribution in [0.5, 0.6) is 5.75 Å². The number of benzene rings is 1. The van der Waals surface area contributed by atoms with Crippen LogP contribution in [0.1, 0.15) is 52.9 Å². The van der Waals surface area contributed by atoms with Crippen LogP contribution in [0.4, 0.5) is 0 Å². The summed E-state index contributed by atoms with van der Waals surface area (Å²) in [4.78, 5) is 27.2. The zero-order valence-electron chi connectivity index (χ0n) is 17.9. The van der Waals surface area contributed by atoms with Crippen molar-refractivity contribution in [2.45, 2.75) is 58.9 Å². The summed E-state index contributed by atoms with van der Waals surface area (Å²) < 4.78 is 5.57. The van der Waals surface area contributed by atoms with Gasteiger partial charge in [0.1, 0.15) is 5.75 Å². The summed E-state index contributed by atoms with van der Waals surface area (Å²) in [6.07, 6.45) is 5.09. The summed E-state index contributed by atoms with van der Waals surface area (Å²) in [6, 6.07) is 9.69. The van der Waals surface area contributed by atoms with Gasteiger partial charge in [-0.3, -0.25) is 9.59 Å². The van der Waals surface area contributed by atoms with Crippen LogP contribution < -0.4 is 10.1 Å². The Morgan fingerprint density at radius 2 is 1.79 bits per heavy atom. The molecule has 2 amide bonds. The molecule has 29 heavy (non-hydrogen) atoms. The van der Waals surface area contributed by atoms with E-state index in [1.807, 2.05) is 35.2 Å². The molecule has 1 aromatic rings. The number of nitrogens with one attached hydrogen (secondary N) is 1. The van der Waals surface area contributed by atoms with Gasteiger partial charge in [-0.15, -0.1) is 0 Å². The van der Waals surface area contributed by atoms with Crippen LogP contribution in [-0.4, -0.2) is 42.5 Å². The lowest BCUT2D eigenvalue weighted by molar-refractivity contribution is -0.137. The Balaban J connectivity index is 1.24. The zero-order valence-corrected chi connectivity index (χ0v) is 17.9. The van der Waals surface area contributed by atoms with Crippen molar-refractivity contribution in [2.24, 2.45) is 22.7 Å². The summed E-state index contributed by atoms with van der Waals surface area (Å²) in [5, 5.41) is 3.40. The highest BCUT2D eigenvalue weighted by Crippen LogP contribution is 2.65. The summed E-state index contributed by atoms with van der Waals surface area (Å²) in [7, 11) is 0. The molecule has 3 fully saturated rings. The van der Waals surface area contributed by atoms with E-state index >= 15 is 0 Å². The molecule has 0 radical (unpaired) electrons. The normalized spacial score (nSPS) is 30.9. The molecule has 0 aromatic heterocycles. The smallest absolute Gasteiger partial charge is 0.260 e. The van der Waals surface area contributed by atoms with Crippen LogP contribution >= 0.6 is 0 Å². The van der Waals surface area contributed by atoms with Gasteiger partial charge in [0.05, 0.1) is 0 Å². The van der Waals surface area contributed by atoms with E-state index in [1.54, 1.807) is 0 Å². The fourth-order valence-electron chi connectivity index (χ4n) is 5.86. The van der Waals surface area contributed by atoms with Crippen molar-refractivity contribution in [3.8, 4) is 5.75 Å². The van der Waals surface area contributed by atoms with Crippen LogP contribution in [0.2, 0.25) is 0 Å². The van der Waals surface area contributed by atoms with Crippen molar-refractivity contribution in [3.63, 3.8) is 0 Å². The molecular weight excluding hydrogens is 364 g/mol. The highest BCUT2D eigenvalue weighted by Gasteiger charge is 2.61. The van der Waals surface area contributed by atoms with Gasteiger partial charge in [-0.25, -0.2) is 0 Å². The molecule has 3 aliphatic rings. The molecule has 5 heteroatoms. The van der Waals surface area contributed by atoms with Gasteiger partial charge in [0, 0.05) is 25.0 Å². The second-order valence-electron chi connectivity index (χ2n) is 9.93. The van der Waals surface area contributed by atoms with E-state index < -0.39 is 0 Å². The molecule has 2 saturated carbocycles. The number of amides is 2. The second-order valence-corrected chi connectivity index (χ2v) is 9.93. The van der Waals surface area contributed by atoms with Gasteiger partial charge >= 0.3 is 0 Å². The third-order valence-corrected chi connectivity index (χ3v) is 8.43. The Hall–Kier alpha value is -2.04. The molecule has 1 heterocycles. The number of nitrogens with zero attached hydrogens (tertiary/aromatic N) is 1. The van der Waals surface area contributed by atoms with Crippen LogP contribution in [0, 0.1) is 22.7 Å². The van der Waals surface area contributed by atoms with Crippen LogP contribution in [-0.2, 0) is 9.59 Å². The summed E-state index contributed by atoms with van der Waals surface area (Å²) in [5.41, 5.74) is 0.512. The molecule has 1 aliphatic heterocycles. The number of para-hydroxylation sites is 1. The molecule has 2 bridgehead atoms. The van der Waals surface area contributed by atoms with Gasteiger partial charge in [0.15, 0.2) is 6.61 Å². The molecule has 158 valence electrons. The summed E-state index contributed by atoms with van der Waals surface area (Å²) >= 11 is 0. The predicted molar refractivity (Wildman–Crippen MR) is 112 cm³/mol. The molecule has 3 atom stereocenters. The average molecular weight is 399 g/mol. The first-order valence-corrected chi connectivity index (χ1v) is 11.1. The standard InChI is InChI=1S/C24H34N2O3/c1-23(2)18-9-12-24(23,3)20(15-18)25-22(28)17-10-13-26(14-11-17)21(27)16-29-19-7-5-4-6-8-19/h4-8,17-18,20H,9-16H2,1-3H3,(H,25,28). The Kier molecular flexibility index (Phi) is 5.34. The number of piperidine rings is 1. The van der Waals surface area contributed by atoms with Crippen LogP contribution in [0.15, 0.2) is 30.3 Å². The van der Waals surface area contributed by atoms with Gasteiger partial charge in [-0.1, -0.05) is 39.0 Å². The quantitative estimate of drug-likeness (QED) is 0.824. The predicted octanol–water partition coefficient (Wildman–Crippen LogP) is 3.64. The maximum Gasteiger partial charge on any atom is 0.260 e. The molecular formula is C24H34N2O3. The largest absolute Gasteiger partial charge is 0.484 e. The third kappa shape index (κ3) is 3.64. The number of fused-ring (bicyclic) bond motifs is 2. The van der Waals surface area contributed by atoms with Crippen molar-refractivity contribution in [1.82, 2.24) is 10.2 Å². The Labute approximate surface area is 174 Å². The fourth-order valence-corrected chi connectivity index (χ4v) is 5.86. The molecule has 5 nitrogen and oxygen atoms in total. The summed E-state index contributed by atoms with van der Waals surface area (Å²) in [6.45, 7) is 8.42. The minimum absolute atomic E-state index is 0.00456. The van der Waals surface area contributed by atoms with E-state index in [-0.39, 0.29) is 29.8 Å². The second kappa shape index (κ2) is 7.66. The minimum Gasteiger partial charge on any atom is -0.484 e. The average Bonchev–Trinajstić information content (AvgIpc) is 3.06. The first-order chi connectivity index (χ1) is 13.8. The van der Waals surface area contributed by atoms with Crippen LogP contribution in [0.25, 0.3) is 0 Å². The highest BCUT2D eigenvalue weighted by molar-refractivity contribution is 5.81. The maximum absolute atomic E-state index is 12.9. The molecule has 1 saturated heterocycles. The number of hydrogen-bond acceptors (Lipinski definition) is 3. The van der Waals surface area contributed by atoms with E-state index in [9.17, 15) is 9.59 Å². The molecule has 1 N–H and O–H groups in total. The van der Waals surface area contributed by atoms with Crippen molar-refractivity contribution in [1.29, 1.82) is 0 Å². The maximum atomic E-state index is 12.9. The fraction of sp³-hybridized carbons (Fsp3) is 0.667. The van der Waals surface area contributed by atoms with E-state index in [1.165, 1.54) is 12.8 Å². The van der Waals surface area contributed by atoms with E-state index in [2.05, 4.69) is 26.1 Å². The van der Waals surface area contributed by atoms with Crippen molar-refractivity contribution in [2.75, 3.05) is 19.7 Å². The highest BCUT2D eigenvalue weighted by atomic mass is 16.5. The Morgan fingerprint density at radius 3 is 2.38 bits per heavy atom. The van der Waals surface area contributed by atoms with Gasteiger partial charge in [-0.05, 0) is 61.0 Å². The minimum atomic E-state index is -0.00456. The molecule has 0 spiro atoms. The number of hydrogen-bond donors (Lipinski definition) is 1. The first kappa shape index (κ1) is 20.2. The topological polar surface area (TPSA) is 58.6 Å².